The molecule has 0 amide bonds. The summed E-state index contributed by atoms with van der Waals surface area (Å²) in [5, 5.41) is 11.4. The van der Waals surface area contributed by atoms with Crippen molar-refractivity contribution < 1.29 is 0 Å². The van der Waals surface area contributed by atoms with Crippen LogP contribution < -0.4 is 10.2 Å². The average molecular weight is 305 g/mol. The Bertz CT molecular complexity index is 731. The van der Waals surface area contributed by atoms with Crippen LogP contribution in [-0.4, -0.2) is 22.2 Å². The number of nitrogens with one attached hydrogen (secondary N) is 1. The smallest absolute Gasteiger partial charge is 0.247 e. The van der Waals surface area contributed by atoms with E-state index in [1.807, 2.05) is 48.3 Å². The van der Waals surface area contributed by atoms with Crippen LogP contribution in [0.1, 0.15) is 11.1 Å². The molecule has 0 atom stereocenters. The Balaban J connectivity index is 1.64. The minimum absolute atomic E-state index is 0.604. The van der Waals surface area contributed by atoms with E-state index in [9.17, 15) is 0 Å². The Kier molecular flexibility index (Phi) is 4.79. The van der Waals surface area contributed by atoms with Crippen LogP contribution in [0.15, 0.2) is 66.9 Å². The quantitative estimate of drug-likeness (QED) is 0.758. The van der Waals surface area contributed by atoms with Crippen LogP contribution in [0.5, 0.6) is 0 Å². The lowest BCUT2D eigenvalue weighted by atomic mass is 10.2. The highest BCUT2D eigenvalue weighted by Gasteiger charge is 2.07. The monoisotopic (exact) mass is 305 g/mol. The van der Waals surface area contributed by atoms with Gasteiger partial charge in [-0.25, -0.2) is 0 Å². The molecule has 5 heteroatoms. The molecule has 3 aromatic rings. The summed E-state index contributed by atoms with van der Waals surface area (Å²) >= 11 is 0. The van der Waals surface area contributed by atoms with Crippen molar-refractivity contribution in [3.8, 4) is 0 Å². The molecule has 0 aliphatic rings. The number of anilines is 2. The van der Waals surface area contributed by atoms with Crippen molar-refractivity contribution in [2.45, 2.75) is 13.1 Å². The third kappa shape index (κ3) is 4.26. The predicted molar refractivity (Wildman–Crippen MR) is 92.1 cm³/mol. The molecule has 1 N–H and O–H groups in total. The van der Waals surface area contributed by atoms with E-state index in [-0.39, 0.29) is 0 Å². The lowest BCUT2D eigenvalue weighted by molar-refractivity contribution is 0.828. The first kappa shape index (κ1) is 15.0. The van der Waals surface area contributed by atoms with Gasteiger partial charge in [0.2, 0.25) is 5.95 Å². The van der Waals surface area contributed by atoms with Gasteiger partial charge in [0.15, 0.2) is 5.82 Å². The highest BCUT2D eigenvalue weighted by Crippen LogP contribution is 2.12. The minimum Gasteiger partial charge on any atom is -0.365 e. The largest absolute Gasteiger partial charge is 0.365 e. The van der Waals surface area contributed by atoms with Gasteiger partial charge in [0.05, 0.1) is 6.20 Å². The molecule has 116 valence electrons. The van der Waals surface area contributed by atoms with E-state index in [0.29, 0.717) is 12.5 Å². The van der Waals surface area contributed by atoms with Crippen LogP contribution in [0.3, 0.4) is 0 Å². The maximum atomic E-state index is 4.53. The van der Waals surface area contributed by atoms with Crippen LogP contribution in [0.25, 0.3) is 0 Å². The summed E-state index contributed by atoms with van der Waals surface area (Å²) in [7, 11) is 1.96. The third-order valence-corrected chi connectivity index (χ3v) is 3.47. The summed E-state index contributed by atoms with van der Waals surface area (Å²) in [6.07, 6.45) is 1.64. The van der Waals surface area contributed by atoms with Gasteiger partial charge in [-0.05, 0) is 11.1 Å². The van der Waals surface area contributed by atoms with Gasteiger partial charge in [0.1, 0.15) is 0 Å². The van der Waals surface area contributed by atoms with Crippen molar-refractivity contribution in [1.82, 2.24) is 15.2 Å². The van der Waals surface area contributed by atoms with E-state index in [1.54, 1.807) is 6.20 Å². The SMILES string of the molecule is CN(Cc1ccccc1)c1nncc(NCc2ccccc2)n1. The van der Waals surface area contributed by atoms with Gasteiger partial charge in [-0.3, -0.25) is 0 Å². The van der Waals surface area contributed by atoms with Crippen LogP contribution in [-0.2, 0) is 13.1 Å². The molecule has 0 fully saturated rings. The zero-order chi connectivity index (χ0) is 15.9. The molecular formula is C18H19N5. The lowest BCUT2D eigenvalue weighted by Gasteiger charge is -2.17. The molecule has 1 aromatic heterocycles. The molecule has 0 aliphatic carbocycles. The standard InChI is InChI=1S/C18H19N5/c1-23(14-16-10-6-3-7-11-16)18-21-17(13-20-22-18)19-12-15-8-4-2-5-9-15/h2-11,13H,12,14H2,1H3,(H,19,21,22). The molecule has 0 aliphatic heterocycles. The number of rotatable bonds is 6. The van der Waals surface area contributed by atoms with Gasteiger partial charge in [-0.2, -0.15) is 10.1 Å². The molecule has 0 spiro atoms. The first-order valence-corrected chi connectivity index (χ1v) is 7.54. The number of nitrogens with zero attached hydrogens (tertiary/aromatic N) is 4. The number of benzene rings is 2. The zero-order valence-electron chi connectivity index (χ0n) is 13.1. The highest BCUT2D eigenvalue weighted by atomic mass is 15.3. The van der Waals surface area contributed by atoms with Crippen LogP contribution in [0.4, 0.5) is 11.8 Å². The number of hydrogen-bond acceptors (Lipinski definition) is 5. The second-order valence-corrected chi connectivity index (χ2v) is 5.32. The summed E-state index contributed by atoms with van der Waals surface area (Å²) in [6.45, 7) is 1.45. The van der Waals surface area contributed by atoms with E-state index in [4.69, 9.17) is 0 Å². The fraction of sp³-hybridized carbons (Fsp3) is 0.167. The topological polar surface area (TPSA) is 53.9 Å². The van der Waals surface area contributed by atoms with Crippen molar-refractivity contribution >= 4 is 11.8 Å². The number of hydrogen-bond donors (Lipinski definition) is 1. The molecule has 3 rings (SSSR count). The van der Waals surface area contributed by atoms with E-state index in [0.717, 1.165) is 12.4 Å². The Morgan fingerprint density at radius 3 is 2.26 bits per heavy atom. The van der Waals surface area contributed by atoms with E-state index in [1.165, 1.54) is 11.1 Å². The first-order chi connectivity index (χ1) is 11.3. The second kappa shape index (κ2) is 7.35. The normalized spacial score (nSPS) is 10.3. The van der Waals surface area contributed by atoms with E-state index >= 15 is 0 Å². The van der Waals surface area contributed by atoms with Crippen molar-refractivity contribution in [3.05, 3.63) is 78.0 Å². The third-order valence-electron chi connectivity index (χ3n) is 3.47. The van der Waals surface area contributed by atoms with Crippen molar-refractivity contribution in [1.29, 1.82) is 0 Å². The van der Waals surface area contributed by atoms with E-state index in [2.05, 4.69) is 44.8 Å². The van der Waals surface area contributed by atoms with Gasteiger partial charge in [0.25, 0.3) is 0 Å². The number of aromatic nitrogens is 3. The van der Waals surface area contributed by atoms with Gasteiger partial charge in [-0.1, -0.05) is 60.7 Å². The molecule has 2 aromatic carbocycles. The van der Waals surface area contributed by atoms with Crippen LogP contribution in [0.2, 0.25) is 0 Å². The molecular weight excluding hydrogens is 286 g/mol. The molecule has 5 nitrogen and oxygen atoms in total. The Morgan fingerprint density at radius 1 is 0.913 bits per heavy atom. The molecule has 1 heterocycles. The molecule has 23 heavy (non-hydrogen) atoms. The predicted octanol–water partition coefficient (Wildman–Crippen LogP) is 3.12. The molecule has 0 unspecified atom stereocenters. The van der Waals surface area contributed by atoms with E-state index < -0.39 is 0 Å². The van der Waals surface area contributed by atoms with Gasteiger partial charge in [0, 0.05) is 20.1 Å². The lowest BCUT2D eigenvalue weighted by Crippen LogP contribution is -2.20. The second-order valence-electron chi connectivity index (χ2n) is 5.32. The Labute approximate surface area is 136 Å². The summed E-state index contributed by atoms with van der Waals surface area (Å²) in [5.41, 5.74) is 2.41. The zero-order valence-corrected chi connectivity index (χ0v) is 13.1. The molecule has 0 saturated carbocycles. The van der Waals surface area contributed by atoms with Gasteiger partial charge >= 0.3 is 0 Å². The molecule has 0 saturated heterocycles. The van der Waals surface area contributed by atoms with Gasteiger partial charge < -0.3 is 10.2 Å². The summed E-state index contributed by atoms with van der Waals surface area (Å²) < 4.78 is 0. The minimum atomic E-state index is 0.604. The highest BCUT2D eigenvalue weighted by molar-refractivity contribution is 5.39. The molecule has 0 radical (unpaired) electrons. The summed E-state index contributed by atoms with van der Waals surface area (Å²) in [5.74, 6) is 1.32. The Morgan fingerprint density at radius 2 is 1.57 bits per heavy atom. The van der Waals surface area contributed by atoms with Crippen molar-refractivity contribution in [3.63, 3.8) is 0 Å². The van der Waals surface area contributed by atoms with Crippen LogP contribution in [0, 0.1) is 0 Å². The summed E-state index contributed by atoms with van der Waals surface area (Å²) in [4.78, 5) is 6.51. The Hall–Kier alpha value is -2.95. The molecule has 0 bridgehead atoms. The van der Waals surface area contributed by atoms with Crippen molar-refractivity contribution in [2.24, 2.45) is 0 Å². The van der Waals surface area contributed by atoms with Crippen LogP contribution >= 0.6 is 0 Å². The summed E-state index contributed by atoms with van der Waals surface area (Å²) in [6, 6.07) is 20.4. The maximum Gasteiger partial charge on any atom is 0.247 e. The first-order valence-electron chi connectivity index (χ1n) is 7.54. The fourth-order valence-corrected chi connectivity index (χ4v) is 2.26. The maximum absolute atomic E-state index is 4.53. The fourth-order valence-electron chi connectivity index (χ4n) is 2.26. The van der Waals surface area contributed by atoms with Gasteiger partial charge in [-0.15, -0.1) is 5.10 Å². The average Bonchev–Trinajstić information content (AvgIpc) is 2.62. The van der Waals surface area contributed by atoms with Crippen molar-refractivity contribution in [2.75, 3.05) is 17.3 Å².